The molecule has 5 rings (SSSR count). The third-order valence-corrected chi connectivity index (χ3v) is 5.70. The molecule has 19 heavy (non-hydrogen) atoms. The second kappa shape index (κ2) is 3.62. The van der Waals surface area contributed by atoms with Gasteiger partial charge in [-0.15, -0.1) is 0 Å². The summed E-state index contributed by atoms with van der Waals surface area (Å²) >= 11 is 0. The number of hydrogen-bond donors (Lipinski definition) is 2. The summed E-state index contributed by atoms with van der Waals surface area (Å²) in [5.74, 6) is 1.61. The molecule has 2 N–H and O–H groups in total. The number of nitrogens with one attached hydrogen (secondary N) is 1. The molecule has 0 unspecified atom stereocenters. The van der Waals surface area contributed by atoms with E-state index in [1.165, 1.54) is 19.3 Å². The van der Waals surface area contributed by atoms with Crippen LogP contribution in [0, 0.1) is 24.7 Å². The molecule has 4 saturated carbocycles. The van der Waals surface area contributed by atoms with Crippen LogP contribution in [-0.4, -0.2) is 21.3 Å². The van der Waals surface area contributed by atoms with E-state index in [1.54, 1.807) is 0 Å². The molecule has 1 aromatic heterocycles. The maximum absolute atomic E-state index is 11.5. The number of carboxylic acids is 1. The number of carbonyl (C=O) groups is 1. The molecule has 4 aliphatic rings. The minimum Gasteiger partial charge on any atom is -0.478 e. The number of nitrogens with zero attached hydrogens (tertiary/aromatic N) is 1. The van der Waals surface area contributed by atoms with E-state index in [9.17, 15) is 9.90 Å². The molecule has 0 aliphatic heterocycles. The summed E-state index contributed by atoms with van der Waals surface area (Å²) in [7, 11) is 0. The van der Waals surface area contributed by atoms with Crippen molar-refractivity contribution >= 4 is 5.97 Å². The van der Waals surface area contributed by atoms with E-state index in [2.05, 4.69) is 10.2 Å². The molecule has 0 amide bonds. The Balaban J connectivity index is 1.82. The van der Waals surface area contributed by atoms with Crippen molar-refractivity contribution in [2.45, 2.75) is 50.9 Å². The van der Waals surface area contributed by atoms with Crippen molar-refractivity contribution in [1.29, 1.82) is 0 Å². The summed E-state index contributed by atoms with van der Waals surface area (Å²) in [5.41, 5.74) is 2.07. The van der Waals surface area contributed by atoms with Crippen molar-refractivity contribution in [3.63, 3.8) is 0 Å². The first-order chi connectivity index (χ1) is 9.07. The second-order valence-electron chi connectivity index (χ2n) is 7.08. The SMILES string of the molecule is Cc1[nH]nc(C23CC4CC(CC(C4)C2)C3)c1C(=O)O. The summed E-state index contributed by atoms with van der Waals surface area (Å²) in [5, 5.41) is 16.8. The maximum atomic E-state index is 11.5. The van der Waals surface area contributed by atoms with Crippen LogP contribution < -0.4 is 0 Å². The molecule has 0 aromatic carbocycles. The van der Waals surface area contributed by atoms with Crippen molar-refractivity contribution < 1.29 is 9.90 Å². The smallest absolute Gasteiger partial charge is 0.339 e. The minimum atomic E-state index is -0.822. The highest BCUT2D eigenvalue weighted by Crippen LogP contribution is 2.60. The van der Waals surface area contributed by atoms with Gasteiger partial charge in [0, 0.05) is 11.1 Å². The van der Waals surface area contributed by atoms with Crippen LogP contribution in [0.3, 0.4) is 0 Å². The van der Waals surface area contributed by atoms with Crippen molar-refractivity contribution in [3.8, 4) is 0 Å². The van der Waals surface area contributed by atoms with Crippen LogP contribution in [0.25, 0.3) is 0 Å². The van der Waals surface area contributed by atoms with Gasteiger partial charge < -0.3 is 5.11 Å². The summed E-state index contributed by atoms with van der Waals surface area (Å²) in [6.07, 6.45) is 7.57. The Kier molecular flexibility index (Phi) is 2.19. The van der Waals surface area contributed by atoms with Crippen LogP contribution in [0.2, 0.25) is 0 Å². The van der Waals surface area contributed by atoms with E-state index in [0.29, 0.717) is 11.3 Å². The van der Waals surface area contributed by atoms with Crippen LogP contribution >= 0.6 is 0 Å². The highest BCUT2D eigenvalue weighted by molar-refractivity contribution is 5.90. The highest BCUT2D eigenvalue weighted by Gasteiger charge is 2.53. The van der Waals surface area contributed by atoms with Crippen LogP contribution in [-0.2, 0) is 5.41 Å². The summed E-state index contributed by atoms with van der Waals surface area (Å²) < 4.78 is 0. The first-order valence-electron chi connectivity index (χ1n) is 7.36. The Labute approximate surface area is 112 Å². The molecule has 0 spiro atoms. The standard InChI is InChI=1S/C15H20N2O2/c1-8-12(14(18)19)13(17-16-8)15-5-9-2-10(6-15)4-11(3-9)7-15/h9-11H,2-7H2,1H3,(H,16,17)(H,18,19). The van der Waals surface area contributed by atoms with E-state index < -0.39 is 5.97 Å². The summed E-state index contributed by atoms with van der Waals surface area (Å²) in [4.78, 5) is 11.5. The van der Waals surface area contributed by atoms with Crippen molar-refractivity contribution in [2.75, 3.05) is 0 Å². The Bertz CT molecular complexity index is 511. The molecule has 4 heteroatoms. The Morgan fingerprint density at radius 1 is 1.21 bits per heavy atom. The van der Waals surface area contributed by atoms with E-state index in [1.807, 2.05) is 6.92 Å². The molecular formula is C15H20N2O2. The van der Waals surface area contributed by atoms with E-state index in [-0.39, 0.29) is 5.41 Å². The molecule has 4 fully saturated rings. The molecular weight excluding hydrogens is 240 g/mol. The van der Waals surface area contributed by atoms with Crippen molar-refractivity contribution in [3.05, 3.63) is 17.0 Å². The quantitative estimate of drug-likeness (QED) is 0.859. The number of H-pyrrole nitrogens is 1. The molecule has 0 radical (unpaired) electrons. The monoisotopic (exact) mass is 260 g/mol. The maximum Gasteiger partial charge on any atom is 0.339 e. The number of aryl methyl sites for hydroxylation is 1. The van der Waals surface area contributed by atoms with Gasteiger partial charge in [0.2, 0.25) is 0 Å². The largest absolute Gasteiger partial charge is 0.478 e. The highest BCUT2D eigenvalue weighted by atomic mass is 16.4. The van der Waals surface area contributed by atoms with Gasteiger partial charge in [0.05, 0.1) is 5.69 Å². The Hall–Kier alpha value is -1.32. The average Bonchev–Trinajstić information content (AvgIpc) is 2.70. The van der Waals surface area contributed by atoms with Crippen LogP contribution in [0.15, 0.2) is 0 Å². The molecule has 4 nitrogen and oxygen atoms in total. The fourth-order valence-electron chi connectivity index (χ4n) is 5.48. The van der Waals surface area contributed by atoms with E-state index in [0.717, 1.165) is 42.7 Å². The summed E-state index contributed by atoms with van der Waals surface area (Å²) in [6.45, 7) is 1.82. The zero-order chi connectivity index (χ0) is 13.2. The zero-order valence-corrected chi connectivity index (χ0v) is 11.3. The lowest BCUT2D eigenvalue weighted by atomic mass is 9.48. The van der Waals surface area contributed by atoms with Crippen LogP contribution in [0.4, 0.5) is 0 Å². The van der Waals surface area contributed by atoms with Crippen molar-refractivity contribution in [2.24, 2.45) is 17.8 Å². The normalized spacial score (nSPS) is 39.7. The third-order valence-electron chi connectivity index (χ3n) is 5.70. The predicted molar refractivity (Wildman–Crippen MR) is 70.1 cm³/mol. The van der Waals surface area contributed by atoms with Gasteiger partial charge in [-0.25, -0.2) is 4.79 Å². The van der Waals surface area contributed by atoms with Gasteiger partial charge in [-0.2, -0.15) is 5.10 Å². The molecule has 4 aliphatic carbocycles. The second-order valence-corrected chi connectivity index (χ2v) is 7.08. The van der Waals surface area contributed by atoms with Crippen LogP contribution in [0.1, 0.15) is 60.3 Å². The number of carboxylic acid groups (broad SMARTS) is 1. The molecule has 1 heterocycles. The molecule has 4 bridgehead atoms. The lowest BCUT2D eigenvalue weighted by molar-refractivity contribution is -0.00784. The molecule has 1 aromatic rings. The average molecular weight is 260 g/mol. The Morgan fingerprint density at radius 2 is 1.74 bits per heavy atom. The molecule has 0 atom stereocenters. The molecule has 0 saturated heterocycles. The van der Waals surface area contributed by atoms with Crippen molar-refractivity contribution in [1.82, 2.24) is 10.2 Å². The van der Waals surface area contributed by atoms with Gasteiger partial charge in [-0.3, -0.25) is 5.10 Å². The summed E-state index contributed by atoms with van der Waals surface area (Å²) in [6, 6.07) is 0. The van der Waals surface area contributed by atoms with Gasteiger partial charge in [0.15, 0.2) is 0 Å². The van der Waals surface area contributed by atoms with Gasteiger partial charge in [-0.05, 0) is 63.2 Å². The topological polar surface area (TPSA) is 66.0 Å². The minimum absolute atomic E-state index is 0.0627. The van der Waals surface area contributed by atoms with Gasteiger partial charge in [0.1, 0.15) is 5.56 Å². The number of hydrogen-bond acceptors (Lipinski definition) is 2. The van der Waals surface area contributed by atoms with Crippen LogP contribution in [0.5, 0.6) is 0 Å². The first-order valence-corrected chi connectivity index (χ1v) is 7.36. The van der Waals surface area contributed by atoms with Gasteiger partial charge in [0.25, 0.3) is 0 Å². The number of rotatable bonds is 2. The number of aromatic nitrogens is 2. The predicted octanol–water partition coefficient (Wildman–Crippen LogP) is 2.88. The zero-order valence-electron chi connectivity index (χ0n) is 11.3. The number of aromatic carboxylic acids is 1. The third kappa shape index (κ3) is 1.52. The first kappa shape index (κ1) is 11.5. The lowest BCUT2D eigenvalue weighted by Crippen LogP contribution is -2.49. The number of aromatic amines is 1. The van der Waals surface area contributed by atoms with Gasteiger partial charge >= 0.3 is 5.97 Å². The van der Waals surface area contributed by atoms with E-state index >= 15 is 0 Å². The van der Waals surface area contributed by atoms with Gasteiger partial charge in [-0.1, -0.05) is 0 Å². The van der Waals surface area contributed by atoms with E-state index in [4.69, 9.17) is 0 Å². The molecule has 102 valence electrons. The Morgan fingerprint density at radius 3 is 2.21 bits per heavy atom. The fourth-order valence-corrected chi connectivity index (χ4v) is 5.48. The lowest BCUT2D eigenvalue weighted by Gasteiger charge is -2.56. The fraction of sp³-hybridized carbons (Fsp3) is 0.733.